The fourth-order valence-corrected chi connectivity index (χ4v) is 2.30. The van der Waals surface area contributed by atoms with Crippen LogP contribution in [-0.4, -0.2) is 21.0 Å². The van der Waals surface area contributed by atoms with Crippen LogP contribution in [-0.2, 0) is 6.61 Å². The highest BCUT2D eigenvalue weighted by Crippen LogP contribution is 2.22. The normalized spacial score (nSPS) is 10.4. The number of benzene rings is 2. The van der Waals surface area contributed by atoms with Gasteiger partial charge in [0.05, 0.1) is 5.69 Å². The third-order valence-electron chi connectivity index (χ3n) is 3.59. The topological polar surface area (TPSA) is 124 Å². The van der Waals surface area contributed by atoms with Gasteiger partial charge in [-0.25, -0.2) is 9.18 Å². The highest BCUT2D eigenvalue weighted by molar-refractivity contribution is 6.05. The van der Waals surface area contributed by atoms with Crippen molar-refractivity contribution in [2.45, 2.75) is 6.61 Å². The van der Waals surface area contributed by atoms with Crippen molar-refractivity contribution < 1.29 is 19.0 Å². The van der Waals surface area contributed by atoms with Crippen molar-refractivity contribution in [1.29, 1.82) is 0 Å². The molecule has 138 valence electrons. The number of hydrogen-bond acceptors (Lipinski definition) is 5. The molecular weight excluding hydrogens is 357 g/mol. The number of H-pyrrole nitrogens is 2. The number of aromatic hydroxyl groups is 1. The zero-order valence-electron chi connectivity index (χ0n) is 13.8. The second-order valence-corrected chi connectivity index (χ2v) is 5.50. The van der Waals surface area contributed by atoms with Crippen LogP contribution in [0.1, 0.15) is 15.9 Å². The molecule has 4 N–H and O–H groups in total. The van der Waals surface area contributed by atoms with E-state index in [1.165, 1.54) is 12.1 Å². The maximum Gasteiger partial charge on any atom is 0.328 e. The second kappa shape index (κ2) is 7.56. The van der Waals surface area contributed by atoms with Crippen LogP contribution >= 0.6 is 0 Å². The molecule has 27 heavy (non-hydrogen) atoms. The summed E-state index contributed by atoms with van der Waals surface area (Å²) in [6.07, 6.45) is 0. The third-order valence-corrected chi connectivity index (χ3v) is 3.59. The molecule has 1 aromatic heterocycles. The van der Waals surface area contributed by atoms with Crippen LogP contribution in [0, 0.1) is 5.82 Å². The Bertz CT molecular complexity index is 1090. The number of aromatic amines is 2. The maximum atomic E-state index is 14.2. The molecule has 0 unspecified atom stereocenters. The molecule has 8 nitrogen and oxygen atoms in total. The number of carbonyl (C=O) groups is 1. The molecule has 0 saturated heterocycles. The Morgan fingerprint density at radius 2 is 1.85 bits per heavy atom. The maximum absolute atomic E-state index is 14.2. The summed E-state index contributed by atoms with van der Waals surface area (Å²) in [6, 6.07) is 13.1. The molecule has 0 saturated carbocycles. The number of rotatable bonds is 5. The van der Waals surface area contributed by atoms with E-state index in [1.807, 2.05) is 35.3 Å². The molecule has 0 radical (unpaired) electrons. The lowest BCUT2D eigenvalue weighted by Crippen LogP contribution is -2.30. The van der Waals surface area contributed by atoms with E-state index in [0.717, 1.165) is 11.6 Å². The van der Waals surface area contributed by atoms with Crippen molar-refractivity contribution >= 4 is 11.6 Å². The van der Waals surface area contributed by atoms with Crippen LogP contribution in [0.2, 0.25) is 0 Å². The van der Waals surface area contributed by atoms with Gasteiger partial charge in [0.1, 0.15) is 18.2 Å². The zero-order valence-corrected chi connectivity index (χ0v) is 13.8. The van der Waals surface area contributed by atoms with Crippen LogP contribution in [0.3, 0.4) is 0 Å². The van der Waals surface area contributed by atoms with Gasteiger partial charge in [0.2, 0.25) is 5.88 Å². The lowest BCUT2D eigenvalue weighted by molar-refractivity contribution is 0.102. The van der Waals surface area contributed by atoms with Gasteiger partial charge < -0.3 is 15.2 Å². The van der Waals surface area contributed by atoms with Crippen molar-refractivity contribution in [1.82, 2.24) is 9.97 Å². The Labute approximate surface area is 151 Å². The number of ether oxygens (including phenoxy) is 1. The number of halogens is 1. The molecule has 0 spiro atoms. The molecule has 0 bridgehead atoms. The minimum Gasteiger partial charge on any atom is -0.494 e. The number of aromatic nitrogens is 2. The van der Waals surface area contributed by atoms with E-state index in [2.05, 4.69) is 5.32 Å². The number of anilines is 1. The van der Waals surface area contributed by atoms with Gasteiger partial charge >= 0.3 is 5.69 Å². The van der Waals surface area contributed by atoms with Crippen LogP contribution in [0.5, 0.6) is 11.6 Å². The minimum absolute atomic E-state index is 0.225. The summed E-state index contributed by atoms with van der Waals surface area (Å²) in [5.41, 5.74) is -2.13. The third kappa shape index (κ3) is 4.21. The van der Waals surface area contributed by atoms with E-state index in [9.17, 15) is 23.9 Å². The van der Waals surface area contributed by atoms with Gasteiger partial charge in [0, 0.05) is 6.07 Å². The Morgan fingerprint density at radius 3 is 2.52 bits per heavy atom. The van der Waals surface area contributed by atoms with Crippen molar-refractivity contribution in [3.63, 3.8) is 0 Å². The summed E-state index contributed by atoms with van der Waals surface area (Å²) in [5, 5.41) is 11.7. The van der Waals surface area contributed by atoms with Crippen LogP contribution in [0.4, 0.5) is 10.1 Å². The first-order chi connectivity index (χ1) is 12.9. The summed E-state index contributed by atoms with van der Waals surface area (Å²) >= 11 is 0. The predicted octanol–water partition coefficient (Wildman–Crippen LogP) is 1.74. The average molecular weight is 371 g/mol. The van der Waals surface area contributed by atoms with E-state index < -0.39 is 34.4 Å². The smallest absolute Gasteiger partial charge is 0.328 e. The van der Waals surface area contributed by atoms with Crippen LogP contribution < -0.4 is 21.3 Å². The van der Waals surface area contributed by atoms with Gasteiger partial charge in [-0.2, -0.15) is 0 Å². The van der Waals surface area contributed by atoms with E-state index in [4.69, 9.17) is 4.74 Å². The molecule has 1 amide bonds. The summed E-state index contributed by atoms with van der Waals surface area (Å²) in [6.45, 7) is 0.243. The van der Waals surface area contributed by atoms with Crippen molar-refractivity contribution in [3.05, 3.63) is 86.3 Å². The number of carbonyl (C=O) groups excluding carboxylic acids is 1. The van der Waals surface area contributed by atoms with Crippen molar-refractivity contribution in [3.8, 4) is 11.6 Å². The fourth-order valence-electron chi connectivity index (χ4n) is 2.30. The Hall–Kier alpha value is -3.88. The first kappa shape index (κ1) is 17.9. The van der Waals surface area contributed by atoms with Gasteiger partial charge in [-0.05, 0) is 17.7 Å². The summed E-state index contributed by atoms with van der Waals surface area (Å²) < 4.78 is 19.7. The van der Waals surface area contributed by atoms with E-state index >= 15 is 0 Å². The lowest BCUT2D eigenvalue weighted by Gasteiger charge is -2.10. The van der Waals surface area contributed by atoms with E-state index in [1.54, 1.807) is 4.98 Å². The van der Waals surface area contributed by atoms with E-state index in [0.29, 0.717) is 0 Å². The molecular formula is C18H14FN3O5. The number of nitrogens with one attached hydrogen (secondary N) is 3. The molecule has 0 fully saturated rings. The summed E-state index contributed by atoms with van der Waals surface area (Å²) in [4.78, 5) is 38.4. The highest BCUT2D eigenvalue weighted by Gasteiger charge is 2.19. The number of hydrogen-bond donors (Lipinski definition) is 4. The molecule has 1 heterocycles. The first-order valence-electron chi connectivity index (χ1n) is 7.77. The Balaban J connectivity index is 1.74. The van der Waals surface area contributed by atoms with Crippen molar-refractivity contribution in [2.75, 3.05) is 5.32 Å². The van der Waals surface area contributed by atoms with Crippen LogP contribution in [0.15, 0.2) is 58.1 Å². The van der Waals surface area contributed by atoms with Crippen molar-refractivity contribution in [2.24, 2.45) is 0 Å². The lowest BCUT2D eigenvalue weighted by atomic mass is 10.2. The SMILES string of the molecule is O=C(Nc1ccc(OCc2ccccc2)cc1F)c1c(O)[nH]c(=O)[nH]c1=O. The fraction of sp³-hybridized carbons (Fsp3) is 0.0556. The predicted molar refractivity (Wildman–Crippen MR) is 94.5 cm³/mol. The van der Waals surface area contributed by atoms with Gasteiger partial charge in [0.25, 0.3) is 11.5 Å². The van der Waals surface area contributed by atoms with Gasteiger partial charge in [-0.1, -0.05) is 30.3 Å². The summed E-state index contributed by atoms with van der Waals surface area (Å²) in [7, 11) is 0. The average Bonchev–Trinajstić information content (AvgIpc) is 2.62. The largest absolute Gasteiger partial charge is 0.494 e. The van der Waals surface area contributed by atoms with Gasteiger partial charge in [-0.15, -0.1) is 0 Å². The number of amides is 1. The van der Waals surface area contributed by atoms with Crippen LogP contribution in [0.25, 0.3) is 0 Å². The molecule has 0 aliphatic rings. The van der Waals surface area contributed by atoms with E-state index in [-0.39, 0.29) is 18.0 Å². The minimum atomic E-state index is -1.10. The molecule has 0 aliphatic heterocycles. The Morgan fingerprint density at radius 1 is 1.11 bits per heavy atom. The quantitative estimate of drug-likeness (QED) is 0.544. The molecule has 0 atom stereocenters. The Kier molecular flexibility index (Phi) is 5.02. The monoisotopic (exact) mass is 371 g/mol. The standard InChI is InChI=1S/C18H14FN3O5/c19-12-8-11(27-9-10-4-2-1-3-5-10)6-7-13(12)20-15(23)14-16(24)21-18(26)22-17(14)25/h1-8H,9H2,(H,20,23)(H3,21,22,24,25,26). The highest BCUT2D eigenvalue weighted by atomic mass is 19.1. The zero-order chi connectivity index (χ0) is 19.4. The first-order valence-corrected chi connectivity index (χ1v) is 7.77. The molecule has 3 aromatic rings. The molecule has 9 heteroatoms. The van der Waals surface area contributed by atoms with Gasteiger partial charge in [0.15, 0.2) is 5.56 Å². The molecule has 2 aromatic carbocycles. The molecule has 0 aliphatic carbocycles. The second-order valence-electron chi connectivity index (χ2n) is 5.50. The summed E-state index contributed by atoms with van der Waals surface area (Å²) in [5.74, 6) is -2.54. The molecule has 3 rings (SSSR count). The van der Waals surface area contributed by atoms with Gasteiger partial charge in [-0.3, -0.25) is 19.6 Å².